The third-order valence-corrected chi connectivity index (χ3v) is 6.42. The number of Topliss-reactive ketones (excluding diaryl/α,β-unsaturated/α-hetero) is 1. The minimum atomic E-state index is -0.115. The van der Waals surface area contributed by atoms with Crippen LogP contribution in [0.1, 0.15) is 35.7 Å². The monoisotopic (exact) mass is 384 g/mol. The van der Waals surface area contributed by atoms with Gasteiger partial charge in [-0.05, 0) is 37.0 Å². The van der Waals surface area contributed by atoms with Crippen LogP contribution in [-0.4, -0.2) is 66.8 Å². The predicted octanol–water partition coefficient (Wildman–Crippen LogP) is 1.78. The van der Waals surface area contributed by atoms with Gasteiger partial charge in [0, 0.05) is 49.5 Å². The minimum Gasteiger partial charge on any atom is -0.380 e. The molecule has 1 aromatic rings. The van der Waals surface area contributed by atoms with Crippen molar-refractivity contribution in [1.29, 1.82) is 0 Å². The Hall–Kier alpha value is -2.21. The molecule has 3 fully saturated rings. The maximum absolute atomic E-state index is 13.0. The van der Waals surface area contributed by atoms with E-state index in [0.717, 1.165) is 6.42 Å². The molecule has 2 bridgehead atoms. The van der Waals surface area contributed by atoms with Crippen LogP contribution in [0.15, 0.2) is 24.3 Å². The Morgan fingerprint density at radius 2 is 1.54 bits per heavy atom. The number of carbonyl (C=O) groups excluding carboxylic acids is 3. The van der Waals surface area contributed by atoms with Gasteiger partial charge in [-0.1, -0.05) is 19.1 Å². The lowest BCUT2D eigenvalue weighted by Gasteiger charge is -2.41. The van der Waals surface area contributed by atoms with Crippen molar-refractivity contribution in [2.45, 2.75) is 26.2 Å². The van der Waals surface area contributed by atoms with Crippen molar-refractivity contribution in [2.75, 3.05) is 39.4 Å². The molecule has 0 radical (unpaired) electrons. The molecule has 1 saturated carbocycles. The fourth-order valence-corrected chi connectivity index (χ4v) is 4.66. The summed E-state index contributed by atoms with van der Waals surface area (Å²) in [6.45, 7) is 5.25. The summed E-state index contributed by atoms with van der Waals surface area (Å²) in [5, 5.41) is 0. The topological polar surface area (TPSA) is 66.9 Å². The third-order valence-electron chi connectivity index (χ3n) is 6.42. The van der Waals surface area contributed by atoms with E-state index in [0.29, 0.717) is 57.8 Å². The number of ether oxygens (including phenoxy) is 1. The lowest BCUT2D eigenvalue weighted by atomic mass is 9.73. The Morgan fingerprint density at radius 3 is 2.11 bits per heavy atom. The highest BCUT2D eigenvalue weighted by Gasteiger charge is 2.43. The lowest BCUT2D eigenvalue weighted by molar-refractivity contribution is -0.150. The number of hydrogen-bond donors (Lipinski definition) is 0. The molecule has 6 nitrogen and oxygen atoms in total. The van der Waals surface area contributed by atoms with Crippen molar-refractivity contribution < 1.29 is 19.1 Å². The quantitative estimate of drug-likeness (QED) is 0.797. The molecule has 0 aromatic heterocycles. The average molecular weight is 384 g/mol. The second-order valence-electron chi connectivity index (χ2n) is 8.17. The van der Waals surface area contributed by atoms with E-state index in [-0.39, 0.29) is 35.4 Å². The van der Waals surface area contributed by atoms with Gasteiger partial charge in [-0.15, -0.1) is 0 Å². The molecule has 2 unspecified atom stereocenters. The van der Waals surface area contributed by atoms with Crippen LogP contribution >= 0.6 is 0 Å². The number of ketones is 1. The zero-order valence-electron chi connectivity index (χ0n) is 16.4. The molecule has 28 heavy (non-hydrogen) atoms. The zero-order chi connectivity index (χ0) is 19.7. The van der Waals surface area contributed by atoms with E-state index < -0.39 is 0 Å². The Balaban J connectivity index is 1.33. The van der Waals surface area contributed by atoms with Crippen LogP contribution in [-0.2, 0) is 20.7 Å². The molecule has 2 aliphatic heterocycles. The van der Waals surface area contributed by atoms with Crippen LogP contribution in [0, 0.1) is 17.8 Å². The summed E-state index contributed by atoms with van der Waals surface area (Å²) < 4.78 is 5.49. The second-order valence-corrected chi connectivity index (χ2v) is 8.17. The van der Waals surface area contributed by atoms with Crippen molar-refractivity contribution in [3.05, 3.63) is 35.4 Å². The van der Waals surface area contributed by atoms with Gasteiger partial charge in [0.1, 0.15) is 5.78 Å². The number of fused-ring (bicyclic) bond motifs is 2. The van der Waals surface area contributed by atoms with Crippen LogP contribution < -0.4 is 0 Å². The number of nitrogens with zero attached hydrogens (tertiary/aromatic N) is 2. The Kier molecular flexibility index (Phi) is 5.49. The molecule has 2 atom stereocenters. The first-order valence-corrected chi connectivity index (χ1v) is 10.3. The van der Waals surface area contributed by atoms with Gasteiger partial charge in [0.25, 0.3) is 5.91 Å². The first kappa shape index (κ1) is 19.1. The largest absolute Gasteiger partial charge is 0.380 e. The normalized spacial score (nSPS) is 27.6. The molecular weight excluding hydrogens is 356 g/mol. The van der Waals surface area contributed by atoms with E-state index in [2.05, 4.69) is 6.92 Å². The molecule has 0 spiro atoms. The van der Waals surface area contributed by atoms with E-state index >= 15 is 0 Å². The van der Waals surface area contributed by atoms with E-state index in [1.54, 1.807) is 0 Å². The van der Waals surface area contributed by atoms with E-state index in [4.69, 9.17) is 4.74 Å². The van der Waals surface area contributed by atoms with E-state index in [1.165, 1.54) is 5.56 Å². The van der Waals surface area contributed by atoms with Crippen molar-refractivity contribution in [3.8, 4) is 0 Å². The third kappa shape index (κ3) is 3.70. The maximum Gasteiger partial charge on any atom is 0.253 e. The van der Waals surface area contributed by atoms with Crippen molar-refractivity contribution in [1.82, 2.24) is 9.80 Å². The molecule has 150 valence electrons. The van der Waals surface area contributed by atoms with Crippen LogP contribution in [0.2, 0.25) is 0 Å². The summed E-state index contributed by atoms with van der Waals surface area (Å²) in [6, 6.07) is 7.77. The fraction of sp³-hybridized carbons (Fsp3) is 0.591. The van der Waals surface area contributed by atoms with Gasteiger partial charge in [0.15, 0.2) is 0 Å². The molecular formula is C22H28N2O4. The van der Waals surface area contributed by atoms with Gasteiger partial charge in [-0.2, -0.15) is 0 Å². The van der Waals surface area contributed by atoms with Gasteiger partial charge in [0.2, 0.25) is 5.91 Å². The molecule has 1 aromatic carbocycles. The Labute approximate surface area is 165 Å². The summed E-state index contributed by atoms with van der Waals surface area (Å²) >= 11 is 0. The van der Waals surface area contributed by atoms with Crippen molar-refractivity contribution in [3.63, 3.8) is 0 Å². The molecule has 6 heteroatoms. The van der Waals surface area contributed by atoms with Gasteiger partial charge in [0.05, 0.1) is 13.2 Å². The number of benzene rings is 1. The van der Waals surface area contributed by atoms with Gasteiger partial charge < -0.3 is 14.5 Å². The van der Waals surface area contributed by atoms with Crippen LogP contribution in [0.25, 0.3) is 0 Å². The molecule has 2 heterocycles. The fourth-order valence-electron chi connectivity index (χ4n) is 4.66. The number of carbonyl (C=O) groups is 3. The standard InChI is InChI=1S/C22H28N2O4/c1-2-15-3-5-16(6-4-15)21(26)23-7-9-24(10-8-23)22(27)17-11-18-13-28-14-19(12-17)20(18)25/h3-6,17-19H,2,7-14H2,1H3. The van der Waals surface area contributed by atoms with Gasteiger partial charge in [-0.25, -0.2) is 0 Å². The highest BCUT2D eigenvalue weighted by molar-refractivity contribution is 5.94. The Morgan fingerprint density at radius 1 is 0.964 bits per heavy atom. The smallest absolute Gasteiger partial charge is 0.253 e. The Bertz CT molecular complexity index is 736. The number of rotatable bonds is 3. The molecule has 1 aliphatic carbocycles. The van der Waals surface area contributed by atoms with Gasteiger partial charge in [-0.3, -0.25) is 14.4 Å². The van der Waals surface area contributed by atoms with Crippen molar-refractivity contribution in [2.24, 2.45) is 17.8 Å². The molecule has 2 saturated heterocycles. The number of aryl methyl sites for hydroxylation is 1. The van der Waals surface area contributed by atoms with Crippen LogP contribution in [0.5, 0.6) is 0 Å². The maximum atomic E-state index is 13.0. The first-order chi connectivity index (χ1) is 13.6. The first-order valence-electron chi connectivity index (χ1n) is 10.3. The summed E-state index contributed by atoms with van der Waals surface area (Å²) in [6.07, 6.45) is 2.17. The predicted molar refractivity (Wildman–Crippen MR) is 104 cm³/mol. The minimum absolute atomic E-state index is 0.0321. The van der Waals surface area contributed by atoms with Crippen LogP contribution in [0.3, 0.4) is 0 Å². The average Bonchev–Trinajstić information content (AvgIpc) is 2.73. The van der Waals surface area contributed by atoms with Crippen LogP contribution in [0.4, 0.5) is 0 Å². The summed E-state index contributed by atoms with van der Waals surface area (Å²) in [7, 11) is 0. The summed E-state index contributed by atoms with van der Waals surface area (Å²) in [5.74, 6) is 0.138. The lowest BCUT2D eigenvalue weighted by Crippen LogP contribution is -2.54. The number of hydrogen-bond acceptors (Lipinski definition) is 4. The SMILES string of the molecule is CCc1ccc(C(=O)N2CCN(C(=O)C3CC4COCC(C3)C4=O)CC2)cc1. The number of amides is 2. The van der Waals surface area contributed by atoms with E-state index in [9.17, 15) is 14.4 Å². The molecule has 3 aliphatic rings. The van der Waals surface area contributed by atoms with Crippen molar-refractivity contribution >= 4 is 17.6 Å². The summed E-state index contributed by atoms with van der Waals surface area (Å²) in [4.78, 5) is 41.6. The highest BCUT2D eigenvalue weighted by Crippen LogP contribution is 2.35. The molecule has 4 rings (SSSR count). The number of piperazine rings is 1. The summed E-state index contributed by atoms with van der Waals surface area (Å²) in [5.41, 5.74) is 1.92. The molecule has 0 N–H and O–H groups in total. The van der Waals surface area contributed by atoms with Gasteiger partial charge >= 0.3 is 0 Å². The van der Waals surface area contributed by atoms with E-state index in [1.807, 2.05) is 34.1 Å². The highest BCUT2D eigenvalue weighted by atomic mass is 16.5. The molecule has 2 amide bonds. The second kappa shape index (κ2) is 8.03. The zero-order valence-corrected chi connectivity index (χ0v) is 16.4.